The molecule has 1 amide bonds. The Morgan fingerprint density at radius 1 is 1.30 bits per heavy atom. The number of rotatable bonds is 3. The molecule has 0 radical (unpaired) electrons. The van der Waals surface area contributed by atoms with Crippen LogP contribution < -0.4 is 4.90 Å². The van der Waals surface area contributed by atoms with Crippen LogP contribution >= 0.6 is 23.4 Å². The molecule has 0 unspecified atom stereocenters. The van der Waals surface area contributed by atoms with Crippen molar-refractivity contribution >= 4 is 40.6 Å². The number of benzene rings is 2. The quantitative estimate of drug-likeness (QED) is 0.611. The minimum atomic E-state index is -0.433. The molecule has 118 valence electrons. The molecule has 1 aliphatic rings. The van der Waals surface area contributed by atoms with Crippen molar-refractivity contribution in [3.05, 3.63) is 68.7 Å². The molecular formula is C16H13ClN2O3S. The number of halogens is 1. The topological polar surface area (TPSA) is 63.5 Å². The summed E-state index contributed by atoms with van der Waals surface area (Å²) in [7, 11) is 0. The molecule has 0 spiro atoms. The van der Waals surface area contributed by atoms with E-state index in [-0.39, 0.29) is 17.0 Å². The van der Waals surface area contributed by atoms with Crippen molar-refractivity contribution in [2.24, 2.45) is 0 Å². The third kappa shape index (κ3) is 3.04. The summed E-state index contributed by atoms with van der Waals surface area (Å²) in [4.78, 5) is 24.5. The molecule has 0 bridgehead atoms. The maximum absolute atomic E-state index is 12.3. The zero-order valence-corrected chi connectivity index (χ0v) is 13.8. The third-order valence-electron chi connectivity index (χ3n) is 3.67. The van der Waals surface area contributed by atoms with Crippen LogP contribution in [0.3, 0.4) is 0 Å². The standard InChI is InChI=1S/C16H13ClN2O3S/c1-10-5-6-12(8-14(10)17)18-15(20)9-23-16(18)11-3-2-4-13(7-11)19(21)22/h2-8,16H,9H2,1H3/t16-/m1/s1. The van der Waals surface area contributed by atoms with E-state index >= 15 is 0 Å². The fourth-order valence-corrected chi connectivity index (χ4v) is 3.82. The van der Waals surface area contributed by atoms with E-state index in [1.54, 1.807) is 23.1 Å². The fraction of sp³-hybridized carbons (Fsp3) is 0.188. The highest BCUT2D eigenvalue weighted by atomic mass is 35.5. The molecule has 1 atom stereocenters. The van der Waals surface area contributed by atoms with Crippen LogP contribution in [-0.4, -0.2) is 16.6 Å². The first-order chi connectivity index (χ1) is 11.0. The van der Waals surface area contributed by atoms with Gasteiger partial charge in [-0.3, -0.25) is 19.8 Å². The van der Waals surface area contributed by atoms with Crippen molar-refractivity contribution < 1.29 is 9.72 Å². The van der Waals surface area contributed by atoms with E-state index in [9.17, 15) is 14.9 Å². The minimum Gasteiger partial charge on any atom is -0.295 e. The van der Waals surface area contributed by atoms with Gasteiger partial charge in [-0.25, -0.2) is 0 Å². The Hall–Kier alpha value is -2.05. The van der Waals surface area contributed by atoms with E-state index in [1.165, 1.54) is 23.9 Å². The summed E-state index contributed by atoms with van der Waals surface area (Å²) in [6.45, 7) is 1.89. The zero-order chi connectivity index (χ0) is 16.6. The summed E-state index contributed by atoms with van der Waals surface area (Å²) in [5, 5.41) is 11.3. The first-order valence-corrected chi connectivity index (χ1v) is 8.34. The third-order valence-corrected chi connectivity index (χ3v) is 5.29. The lowest BCUT2D eigenvalue weighted by molar-refractivity contribution is -0.384. The first kappa shape index (κ1) is 15.8. The van der Waals surface area contributed by atoms with Crippen LogP contribution in [0.5, 0.6) is 0 Å². The molecule has 1 fully saturated rings. The van der Waals surface area contributed by atoms with Gasteiger partial charge < -0.3 is 0 Å². The number of carbonyl (C=O) groups is 1. The molecule has 1 saturated heterocycles. The molecule has 1 aliphatic heterocycles. The number of nitro groups is 1. The Morgan fingerprint density at radius 3 is 2.78 bits per heavy atom. The normalized spacial score (nSPS) is 17.6. The Kier molecular flexibility index (Phi) is 4.28. The summed E-state index contributed by atoms with van der Waals surface area (Å²) in [6, 6.07) is 11.8. The summed E-state index contributed by atoms with van der Waals surface area (Å²) < 4.78 is 0. The molecule has 2 aromatic rings. The van der Waals surface area contributed by atoms with Gasteiger partial charge in [0.25, 0.3) is 5.69 Å². The van der Waals surface area contributed by atoms with Crippen LogP contribution in [0.1, 0.15) is 16.5 Å². The fourth-order valence-electron chi connectivity index (χ4n) is 2.47. The number of carbonyl (C=O) groups excluding carboxylic acids is 1. The van der Waals surface area contributed by atoms with E-state index < -0.39 is 4.92 Å². The molecule has 23 heavy (non-hydrogen) atoms. The van der Waals surface area contributed by atoms with Crippen molar-refractivity contribution in [3.8, 4) is 0 Å². The molecule has 0 aliphatic carbocycles. The SMILES string of the molecule is Cc1ccc(N2C(=O)CS[C@@H]2c2cccc([N+](=O)[O-])c2)cc1Cl. The number of nitro benzene ring substituents is 1. The molecule has 0 aromatic heterocycles. The number of aryl methyl sites for hydroxylation is 1. The number of non-ortho nitro benzene ring substituents is 1. The number of anilines is 1. The monoisotopic (exact) mass is 348 g/mol. The molecular weight excluding hydrogens is 336 g/mol. The second kappa shape index (κ2) is 6.22. The molecule has 2 aromatic carbocycles. The lowest BCUT2D eigenvalue weighted by Crippen LogP contribution is -2.27. The molecule has 1 heterocycles. The average molecular weight is 349 g/mol. The predicted octanol–water partition coefficient (Wildman–Crippen LogP) is 4.34. The number of thioether (sulfide) groups is 1. The highest BCUT2D eigenvalue weighted by molar-refractivity contribution is 8.00. The lowest BCUT2D eigenvalue weighted by atomic mass is 10.1. The van der Waals surface area contributed by atoms with E-state index in [4.69, 9.17) is 11.6 Å². The van der Waals surface area contributed by atoms with Crippen LogP contribution in [0, 0.1) is 17.0 Å². The van der Waals surface area contributed by atoms with Crippen LogP contribution in [0.4, 0.5) is 11.4 Å². The average Bonchev–Trinajstić information content (AvgIpc) is 2.92. The molecule has 0 N–H and O–H groups in total. The van der Waals surface area contributed by atoms with Gasteiger partial charge in [0.1, 0.15) is 5.37 Å². The molecule has 3 rings (SSSR count). The largest absolute Gasteiger partial charge is 0.295 e. The van der Waals surface area contributed by atoms with Crippen molar-refractivity contribution in [2.45, 2.75) is 12.3 Å². The number of amides is 1. The van der Waals surface area contributed by atoms with E-state index in [1.807, 2.05) is 19.1 Å². The summed E-state index contributed by atoms with van der Waals surface area (Å²) in [5.74, 6) is 0.296. The maximum atomic E-state index is 12.3. The Balaban J connectivity index is 2.01. The van der Waals surface area contributed by atoms with Gasteiger partial charge in [-0.15, -0.1) is 11.8 Å². The zero-order valence-electron chi connectivity index (χ0n) is 12.2. The Bertz CT molecular complexity index is 797. The molecule has 7 heteroatoms. The first-order valence-electron chi connectivity index (χ1n) is 6.91. The van der Waals surface area contributed by atoms with Gasteiger partial charge >= 0.3 is 0 Å². The highest BCUT2D eigenvalue weighted by Gasteiger charge is 2.34. The van der Waals surface area contributed by atoms with Gasteiger partial charge in [-0.2, -0.15) is 0 Å². The van der Waals surface area contributed by atoms with E-state index in [0.29, 0.717) is 16.5 Å². The smallest absolute Gasteiger partial charge is 0.269 e. The Labute approximate surface area is 142 Å². The summed E-state index contributed by atoms with van der Waals surface area (Å²) in [5.41, 5.74) is 2.38. The van der Waals surface area contributed by atoms with Crippen LogP contribution in [0.25, 0.3) is 0 Å². The van der Waals surface area contributed by atoms with Crippen molar-refractivity contribution in [3.63, 3.8) is 0 Å². The number of hydrogen-bond donors (Lipinski definition) is 0. The molecule has 0 saturated carbocycles. The van der Waals surface area contributed by atoms with Gasteiger partial charge in [-0.05, 0) is 30.2 Å². The summed E-state index contributed by atoms with van der Waals surface area (Å²) >= 11 is 7.61. The van der Waals surface area contributed by atoms with Gasteiger partial charge in [0.05, 0.1) is 10.7 Å². The van der Waals surface area contributed by atoms with E-state index in [0.717, 1.165) is 11.1 Å². The second-order valence-electron chi connectivity index (χ2n) is 5.21. The van der Waals surface area contributed by atoms with Gasteiger partial charge in [0.2, 0.25) is 5.91 Å². The number of hydrogen-bond acceptors (Lipinski definition) is 4. The Morgan fingerprint density at radius 2 is 2.09 bits per heavy atom. The van der Waals surface area contributed by atoms with Crippen molar-refractivity contribution in [2.75, 3.05) is 10.7 Å². The predicted molar refractivity (Wildman–Crippen MR) is 92.0 cm³/mol. The second-order valence-corrected chi connectivity index (χ2v) is 6.69. The van der Waals surface area contributed by atoms with Gasteiger partial charge in [0.15, 0.2) is 0 Å². The number of nitrogens with zero attached hydrogens (tertiary/aromatic N) is 2. The van der Waals surface area contributed by atoms with Crippen LogP contribution in [0.2, 0.25) is 5.02 Å². The lowest BCUT2D eigenvalue weighted by Gasteiger charge is -2.24. The van der Waals surface area contributed by atoms with Gasteiger partial charge in [0, 0.05) is 22.8 Å². The van der Waals surface area contributed by atoms with Gasteiger partial charge in [-0.1, -0.05) is 29.8 Å². The van der Waals surface area contributed by atoms with Crippen molar-refractivity contribution in [1.82, 2.24) is 0 Å². The maximum Gasteiger partial charge on any atom is 0.269 e. The van der Waals surface area contributed by atoms with E-state index in [2.05, 4.69) is 0 Å². The summed E-state index contributed by atoms with van der Waals surface area (Å²) in [6.07, 6.45) is 0. The van der Waals surface area contributed by atoms with Crippen LogP contribution in [0.15, 0.2) is 42.5 Å². The molecule has 5 nitrogen and oxygen atoms in total. The van der Waals surface area contributed by atoms with Crippen molar-refractivity contribution in [1.29, 1.82) is 0 Å². The minimum absolute atomic E-state index is 0.0179. The van der Waals surface area contributed by atoms with Crippen LogP contribution in [-0.2, 0) is 4.79 Å². The highest BCUT2D eigenvalue weighted by Crippen LogP contribution is 2.43.